The van der Waals surface area contributed by atoms with E-state index in [2.05, 4.69) is 10.6 Å². The number of nitro groups is 1. The number of nitro benzene ring substituents is 1. The summed E-state index contributed by atoms with van der Waals surface area (Å²) in [4.78, 5) is 34.1. The van der Waals surface area contributed by atoms with Crippen LogP contribution < -0.4 is 15.4 Å². The zero-order chi connectivity index (χ0) is 20.8. The molecule has 0 heterocycles. The fourth-order valence-electron chi connectivity index (χ4n) is 2.21. The molecule has 146 valence electrons. The second kappa shape index (κ2) is 9.11. The third-order valence-electron chi connectivity index (χ3n) is 3.40. The standard InChI is InChI=1S/C17H14ClN3O6S/c1-2-27-14-6-3-9(7-13(14)21(25)26)15(22)20-17(28)19-12-5-4-10(18)8-11(12)16(23)24/h3-8H,2H2,1H3,(H,23,24)(H2,19,20,22,28). The average molecular weight is 424 g/mol. The summed E-state index contributed by atoms with van der Waals surface area (Å²) < 4.78 is 5.16. The molecule has 9 nitrogen and oxygen atoms in total. The first kappa shape index (κ1) is 21.1. The van der Waals surface area contributed by atoms with E-state index < -0.39 is 16.8 Å². The van der Waals surface area contributed by atoms with Gasteiger partial charge in [0.25, 0.3) is 5.91 Å². The number of benzene rings is 2. The molecule has 0 aliphatic carbocycles. The molecule has 0 aromatic heterocycles. The minimum absolute atomic E-state index is 0.0196. The van der Waals surface area contributed by atoms with Crippen LogP contribution in [0.3, 0.4) is 0 Å². The second-order valence-electron chi connectivity index (χ2n) is 5.28. The Morgan fingerprint density at radius 2 is 2.00 bits per heavy atom. The van der Waals surface area contributed by atoms with Gasteiger partial charge in [-0.15, -0.1) is 0 Å². The highest BCUT2D eigenvalue weighted by molar-refractivity contribution is 7.80. The van der Waals surface area contributed by atoms with Crippen molar-refractivity contribution in [2.24, 2.45) is 0 Å². The van der Waals surface area contributed by atoms with Crippen molar-refractivity contribution in [3.8, 4) is 5.75 Å². The summed E-state index contributed by atoms with van der Waals surface area (Å²) in [5.41, 5.74) is -0.395. The molecular formula is C17H14ClN3O6S. The van der Waals surface area contributed by atoms with E-state index in [0.717, 1.165) is 6.07 Å². The summed E-state index contributed by atoms with van der Waals surface area (Å²) in [5, 5.41) is 25.3. The summed E-state index contributed by atoms with van der Waals surface area (Å²) in [5.74, 6) is -1.91. The predicted molar refractivity (Wildman–Crippen MR) is 106 cm³/mol. The summed E-state index contributed by atoms with van der Waals surface area (Å²) in [6.07, 6.45) is 0. The van der Waals surface area contributed by atoms with Crippen molar-refractivity contribution in [1.29, 1.82) is 0 Å². The third-order valence-corrected chi connectivity index (χ3v) is 3.84. The number of carbonyl (C=O) groups excluding carboxylic acids is 1. The summed E-state index contributed by atoms with van der Waals surface area (Å²) in [6.45, 7) is 1.91. The van der Waals surface area contributed by atoms with Crippen LogP contribution >= 0.6 is 23.8 Å². The lowest BCUT2D eigenvalue weighted by Gasteiger charge is -2.12. The lowest BCUT2D eigenvalue weighted by molar-refractivity contribution is -0.385. The van der Waals surface area contributed by atoms with Gasteiger partial charge in [0.15, 0.2) is 10.9 Å². The quantitative estimate of drug-likeness (QED) is 0.365. The summed E-state index contributed by atoms with van der Waals surface area (Å²) in [7, 11) is 0. The van der Waals surface area contributed by atoms with Crippen LogP contribution in [0.5, 0.6) is 5.75 Å². The van der Waals surface area contributed by atoms with Crippen LogP contribution in [0.25, 0.3) is 0 Å². The molecule has 2 rings (SSSR count). The maximum Gasteiger partial charge on any atom is 0.337 e. The van der Waals surface area contributed by atoms with Crippen molar-refractivity contribution in [2.75, 3.05) is 11.9 Å². The van der Waals surface area contributed by atoms with E-state index >= 15 is 0 Å². The van der Waals surface area contributed by atoms with Crippen LogP contribution in [0.2, 0.25) is 5.02 Å². The zero-order valence-electron chi connectivity index (χ0n) is 14.4. The van der Waals surface area contributed by atoms with Gasteiger partial charge in [0.1, 0.15) is 0 Å². The number of ether oxygens (including phenoxy) is 1. The highest BCUT2D eigenvalue weighted by Gasteiger charge is 2.19. The maximum absolute atomic E-state index is 12.3. The number of halogens is 1. The molecule has 0 saturated heterocycles. The van der Waals surface area contributed by atoms with Crippen molar-refractivity contribution in [3.05, 3.63) is 62.7 Å². The number of thiocarbonyl (C=S) groups is 1. The van der Waals surface area contributed by atoms with Gasteiger partial charge in [0.2, 0.25) is 0 Å². The van der Waals surface area contributed by atoms with Gasteiger partial charge in [0.05, 0.1) is 22.8 Å². The van der Waals surface area contributed by atoms with Gasteiger partial charge in [-0.3, -0.25) is 20.2 Å². The molecule has 2 aromatic rings. The van der Waals surface area contributed by atoms with E-state index in [0.29, 0.717) is 0 Å². The van der Waals surface area contributed by atoms with Crippen molar-refractivity contribution >= 4 is 52.2 Å². The van der Waals surface area contributed by atoms with E-state index in [-0.39, 0.29) is 45.0 Å². The topological polar surface area (TPSA) is 131 Å². The molecule has 0 atom stereocenters. The Labute approximate surface area is 169 Å². The Kier molecular flexibility index (Phi) is 6.85. The highest BCUT2D eigenvalue weighted by atomic mass is 35.5. The molecule has 1 amide bonds. The number of carbonyl (C=O) groups is 2. The molecular weight excluding hydrogens is 410 g/mol. The molecule has 0 aliphatic heterocycles. The summed E-state index contributed by atoms with van der Waals surface area (Å²) in [6, 6.07) is 7.80. The van der Waals surface area contributed by atoms with Gasteiger partial charge >= 0.3 is 11.7 Å². The van der Waals surface area contributed by atoms with E-state index in [4.69, 9.17) is 28.6 Å². The van der Waals surface area contributed by atoms with Crippen LogP contribution in [0.15, 0.2) is 36.4 Å². The van der Waals surface area contributed by atoms with Gasteiger partial charge in [-0.25, -0.2) is 4.79 Å². The molecule has 28 heavy (non-hydrogen) atoms. The van der Waals surface area contributed by atoms with Crippen molar-refractivity contribution < 1.29 is 24.4 Å². The van der Waals surface area contributed by atoms with E-state index in [1.807, 2.05) is 0 Å². The number of nitrogens with zero attached hydrogens (tertiary/aromatic N) is 1. The molecule has 0 unspecified atom stereocenters. The van der Waals surface area contributed by atoms with Crippen LogP contribution in [0.1, 0.15) is 27.6 Å². The van der Waals surface area contributed by atoms with E-state index in [9.17, 15) is 24.8 Å². The van der Waals surface area contributed by atoms with Gasteiger partial charge in [-0.05, 0) is 49.5 Å². The highest BCUT2D eigenvalue weighted by Crippen LogP contribution is 2.28. The number of hydrogen-bond donors (Lipinski definition) is 3. The number of carboxylic acid groups (broad SMARTS) is 1. The van der Waals surface area contributed by atoms with Crippen molar-refractivity contribution in [3.63, 3.8) is 0 Å². The van der Waals surface area contributed by atoms with E-state index in [1.165, 1.54) is 30.3 Å². The number of amides is 1. The average Bonchev–Trinajstić information content (AvgIpc) is 2.63. The fourth-order valence-corrected chi connectivity index (χ4v) is 2.58. The van der Waals surface area contributed by atoms with Gasteiger partial charge in [-0.2, -0.15) is 0 Å². The van der Waals surface area contributed by atoms with Crippen LogP contribution in [-0.2, 0) is 0 Å². The molecule has 0 spiro atoms. The lowest BCUT2D eigenvalue weighted by atomic mass is 10.1. The first-order valence-corrected chi connectivity index (χ1v) is 8.58. The second-order valence-corrected chi connectivity index (χ2v) is 6.12. The number of anilines is 1. The molecule has 0 bridgehead atoms. The minimum atomic E-state index is -1.23. The lowest BCUT2D eigenvalue weighted by Crippen LogP contribution is -2.34. The largest absolute Gasteiger partial charge is 0.487 e. The van der Waals surface area contributed by atoms with Crippen LogP contribution in [0.4, 0.5) is 11.4 Å². The molecule has 0 aliphatic rings. The molecule has 0 saturated carbocycles. The number of rotatable bonds is 6. The zero-order valence-corrected chi connectivity index (χ0v) is 16.0. The monoisotopic (exact) mass is 423 g/mol. The Balaban J connectivity index is 2.17. The summed E-state index contributed by atoms with van der Waals surface area (Å²) >= 11 is 10.8. The minimum Gasteiger partial charge on any atom is -0.487 e. The number of aromatic carboxylic acids is 1. The molecule has 3 N–H and O–H groups in total. The maximum atomic E-state index is 12.3. The Bertz CT molecular complexity index is 966. The Morgan fingerprint density at radius 1 is 1.29 bits per heavy atom. The first-order valence-electron chi connectivity index (χ1n) is 7.79. The third kappa shape index (κ3) is 5.15. The van der Waals surface area contributed by atoms with Crippen LogP contribution in [-0.4, -0.2) is 33.6 Å². The smallest absolute Gasteiger partial charge is 0.337 e. The van der Waals surface area contributed by atoms with Crippen molar-refractivity contribution in [2.45, 2.75) is 6.92 Å². The van der Waals surface area contributed by atoms with Crippen molar-refractivity contribution in [1.82, 2.24) is 5.32 Å². The number of carboxylic acids is 1. The Hall–Kier alpha value is -3.24. The van der Waals surface area contributed by atoms with Gasteiger partial charge in [0, 0.05) is 16.7 Å². The predicted octanol–water partition coefficient (Wildman–Crippen LogP) is 3.47. The van der Waals surface area contributed by atoms with Crippen LogP contribution in [0, 0.1) is 10.1 Å². The SMILES string of the molecule is CCOc1ccc(C(=O)NC(=S)Nc2ccc(Cl)cc2C(=O)O)cc1[N+](=O)[O-]. The van der Waals surface area contributed by atoms with Gasteiger partial charge in [-0.1, -0.05) is 11.6 Å². The van der Waals surface area contributed by atoms with E-state index in [1.54, 1.807) is 6.92 Å². The molecule has 0 fully saturated rings. The normalized spacial score (nSPS) is 10.1. The Morgan fingerprint density at radius 3 is 2.61 bits per heavy atom. The molecule has 0 radical (unpaired) electrons. The van der Waals surface area contributed by atoms with Gasteiger partial charge < -0.3 is 15.2 Å². The first-order chi connectivity index (χ1) is 13.2. The molecule has 11 heteroatoms. The molecule has 2 aromatic carbocycles. The fraction of sp³-hybridized carbons (Fsp3) is 0.118. The number of nitrogens with one attached hydrogen (secondary N) is 2. The number of hydrogen-bond acceptors (Lipinski definition) is 6.